The van der Waals surface area contributed by atoms with Crippen LogP contribution in [0.4, 0.5) is 5.69 Å². The van der Waals surface area contributed by atoms with Crippen molar-refractivity contribution in [2.75, 3.05) is 13.6 Å². The molecule has 0 amide bonds. The van der Waals surface area contributed by atoms with Crippen molar-refractivity contribution >= 4 is 11.6 Å². The van der Waals surface area contributed by atoms with Crippen molar-refractivity contribution in [1.29, 1.82) is 0 Å². The van der Waals surface area contributed by atoms with Crippen molar-refractivity contribution < 1.29 is 4.92 Å². The predicted molar refractivity (Wildman–Crippen MR) is 71.6 cm³/mol. The van der Waals surface area contributed by atoms with Crippen molar-refractivity contribution in [3.05, 3.63) is 39.9 Å². The van der Waals surface area contributed by atoms with Crippen LogP contribution in [0, 0.1) is 10.1 Å². The molecule has 2 N–H and O–H groups in total. The second-order valence-electron chi connectivity index (χ2n) is 3.78. The maximum Gasteiger partial charge on any atom is 0.269 e. The van der Waals surface area contributed by atoms with Gasteiger partial charge < -0.3 is 10.6 Å². The minimum absolute atomic E-state index is 0.104. The lowest BCUT2D eigenvalue weighted by Crippen LogP contribution is -2.37. The van der Waals surface area contributed by atoms with E-state index in [0.717, 1.165) is 24.5 Å². The van der Waals surface area contributed by atoms with E-state index in [4.69, 9.17) is 0 Å². The molecule has 6 heteroatoms. The zero-order chi connectivity index (χ0) is 13.4. The number of nitrogens with zero attached hydrogens (tertiary/aromatic N) is 2. The zero-order valence-corrected chi connectivity index (χ0v) is 10.6. The summed E-state index contributed by atoms with van der Waals surface area (Å²) in [5, 5.41) is 16.8. The van der Waals surface area contributed by atoms with Gasteiger partial charge in [0.2, 0.25) is 0 Å². The van der Waals surface area contributed by atoms with E-state index in [1.165, 1.54) is 12.1 Å². The van der Waals surface area contributed by atoms with Crippen molar-refractivity contribution in [1.82, 2.24) is 10.6 Å². The standard InChI is InChI=1S/C12H18N4O2/c1-3-8-14-12(13-2)15-9-10-4-6-11(7-5-10)16(17)18/h4-7H,3,8-9H2,1-2H3,(H2,13,14,15). The second-order valence-corrected chi connectivity index (χ2v) is 3.78. The SMILES string of the molecule is CCCNC(=NC)NCc1ccc([N+](=O)[O-])cc1. The van der Waals surface area contributed by atoms with Crippen LogP contribution in [0.2, 0.25) is 0 Å². The van der Waals surface area contributed by atoms with Gasteiger partial charge in [0.25, 0.3) is 5.69 Å². The summed E-state index contributed by atoms with van der Waals surface area (Å²) < 4.78 is 0. The zero-order valence-electron chi connectivity index (χ0n) is 10.6. The summed E-state index contributed by atoms with van der Waals surface area (Å²) >= 11 is 0. The first-order valence-corrected chi connectivity index (χ1v) is 5.85. The molecule has 0 aliphatic rings. The van der Waals surface area contributed by atoms with Gasteiger partial charge in [0.15, 0.2) is 5.96 Å². The number of nitro benzene ring substituents is 1. The third-order valence-electron chi connectivity index (χ3n) is 2.37. The largest absolute Gasteiger partial charge is 0.356 e. The Balaban J connectivity index is 2.50. The van der Waals surface area contributed by atoms with Gasteiger partial charge in [0.05, 0.1) is 4.92 Å². The van der Waals surface area contributed by atoms with Crippen molar-refractivity contribution in [3.8, 4) is 0 Å². The molecule has 0 spiro atoms. The minimum Gasteiger partial charge on any atom is -0.356 e. The molecular weight excluding hydrogens is 232 g/mol. The monoisotopic (exact) mass is 250 g/mol. The summed E-state index contributed by atoms with van der Waals surface area (Å²) in [6, 6.07) is 6.47. The molecule has 0 aliphatic heterocycles. The van der Waals surface area contributed by atoms with Gasteiger partial charge in [-0.3, -0.25) is 15.1 Å². The van der Waals surface area contributed by atoms with Crippen LogP contribution in [0.5, 0.6) is 0 Å². The first-order valence-electron chi connectivity index (χ1n) is 5.85. The van der Waals surface area contributed by atoms with Crippen molar-refractivity contribution in [2.24, 2.45) is 4.99 Å². The molecule has 0 radical (unpaired) electrons. The Morgan fingerprint density at radius 1 is 1.33 bits per heavy atom. The molecular formula is C12H18N4O2. The summed E-state index contributed by atoms with van der Waals surface area (Å²) in [5.74, 6) is 0.732. The van der Waals surface area contributed by atoms with Gasteiger partial charge in [-0.15, -0.1) is 0 Å². The smallest absolute Gasteiger partial charge is 0.269 e. The summed E-state index contributed by atoms with van der Waals surface area (Å²) in [4.78, 5) is 14.2. The van der Waals surface area contributed by atoms with Crippen molar-refractivity contribution in [2.45, 2.75) is 19.9 Å². The first kappa shape index (κ1) is 14.0. The molecule has 18 heavy (non-hydrogen) atoms. The number of non-ortho nitro benzene ring substituents is 1. The van der Waals surface area contributed by atoms with Gasteiger partial charge in [-0.05, 0) is 12.0 Å². The Kier molecular flexibility index (Phi) is 5.63. The maximum atomic E-state index is 10.5. The number of hydrogen-bond donors (Lipinski definition) is 2. The number of hydrogen-bond acceptors (Lipinski definition) is 3. The molecule has 0 saturated carbocycles. The van der Waals surface area contributed by atoms with E-state index < -0.39 is 4.92 Å². The van der Waals surface area contributed by atoms with E-state index in [1.807, 2.05) is 0 Å². The Morgan fingerprint density at radius 3 is 2.50 bits per heavy atom. The molecule has 0 atom stereocenters. The van der Waals surface area contributed by atoms with Gasteiger partial charge in [0, 0.05) is 32.3 Å². The molecule has 1 rings (SSSR count). The van der Waals surface area contributed by atoms with Crippen LogP contribution in [0.1, 0.15) is 18.9 Å². The number of aliphatic imine (C=N–C) groups is 1. The van der Waals surface area contributed by atoms with Crippen LogP contribution in [0.25, 0.3) is 0 Å². The van der Waals surface area contributed by atoms with E-state index in [-0.39, 0.29) is 5.69 Å². The molecule has 0 unspecified atom stereocenters. The van der Waals surface area contributed by atoms with Crippen LogP contribution < -0.4 is 10.6 Å². The lowest BCUT2D eigenvalue weighted by atomic mass is 10.2. The van der Waals surface area contributed by atoms with E-state index in [1.54, 1.807) is 19.2 Å². The fourth-order valence-corrected chi connectivity index (χ4v) is 1.39. The van der Waals surface area contributed by atoms with Crippen LogP contribution in [0.3, 0.4) is 0 Å². The highest BCUT2D eigenvalue weighted by molar-refractivity contribution is 5.79. The highest BCUT2D eigenvalue weighted by atomic mass is 16.6. The predicted octanol–water partition coefficient (Wildman–Crippen LogP) is 1.67. The molecule has 0 heterocycles. The molecule has 0 bridgehead atoms. The topological polar surface area (TPSA) is 79.6 Å². The first-order chi connectivity index (χ1) is 8.67. The van der Waals surface area contributed by atoms with Gasteiger partial charge in [0.1, 0.15) is 0 Å². The molecule has 1 aromatic carbocycles. The lowest BCUT2D eigenvalue weighted by molar-refractivity contribution is -0.384. The molecule has 0 saturated heterocycles. The fraction of sp³-hybridized carbons (Fsp3) is 0.417. The molecule has 0 aromatic heterocycles. The highest BCUT2D eigenvalue weighted by Crippen LogP contribution is 2.11. The normalized spacial score (nSPS) is 11.1. The van der Waals surface area contributed by atoms with E-state index in [2.05, 4.69) is 22.5 Å². The van der Waals surface area contributed by atoms with E-state index >= 15 is 0 Å². The number of nitrogens with one attached hydrogen (secondary N) is 2. The minimum atomic E-state index is -0.404. The quantitative estimate of drug-likeness (QED) is 0.360. The third kappa shape index (κ3) is 4.40. The average Bonchev–Trinajstić information content (AvgIpc) is 2.39. The van der Waals surface area contributed by atoms with Crippen molar-refractivity contribution in [3.63, 3.8) is 0 Å². The average molecular weight is 250 g/mol. The summed E-state index contributed by atoms with van der Waals surface area (Å²) in [6.07, 6.45) is 1.03. The van der Waals surface area contributed by atoms with Crippen LogP contribution >= 0.6 is 0 Å². The summed E-state index contributed by atoms with van der Waals surface area (Å²) in [5.41, 5.74) is 1.08. The van der Waals surface area contributed by atoms with Crippen LogP contribution in [-0.2, 0) is 6.54 Å². The maximum absolute atomic E-state index is 10.5. The van der Waals surface area contributed by atoms with E-state index in [9.17, 15) is 10.1 Å². The molecule has 98 valence electrons. The summed E-state index contributed by atoms with van der Waals surface area (Å²) in [7, 11) is 1.71. The van der Waals surface area contributed by atoms with Crippen LogP contribution in [0.15, 0.2) is 29.3 Å². The lowest BCUT2D eigenvalue weighted by Gasteiger charge is -2.10. The van der Waals surface area contributed by atoms with Gasteiger partial charge in [-0.25, -0.2) is 0 Å². The Bertz CT molecular complexity index is 415. The molecule has 6 nitrogen and oxygen atoms in total. The number of rotatable bonds is 5. The second kappa shape index (κ2) is 7.26. The number of nitro groups is 1. The number of guanidine groups is 1. The molecule has 0 fully saturated rings. The summed E-state index contributed by atoms with van der Waals surface area (Å²) in [6.45, 7) is 3.53. The van der Waals surface area contributed by atoms with Gasteiger partial charge >= 0.3 is 0 Å². The third-order valence-corrected chi connectivity index (χ3v) is 2.37. The molecule has 1 aromatic rings. The van der Waals surface area contributed by atoms with E-state index in [0.29, 0.717) is 6.54 Å². The Labute approximate surface area is 106 Å². The fourth-order valence-electron chi connectivity index (χ4n) is 1.39. The Morgan fingerprint density at radius 2 is 2.00 bits per heavy atom. The Hall–Kier alpha value is -2.11. The molecule has 0 aliphatic carbocycles. The van der Waals surface area contributed by atoms with Gasteiger partial charge in [-0.2, -0.15) is 0 Å². The van der Waals surface area contributed by atoms with Crippen LogP contribution in [-0.4, -0.2) is 24.5 Å². The number of benzene rings is 1. The highest BCUT2D eigenvalue weighted by Gasteiger charge is 2.04. The van der Waals surface area contributed by atoms with Gasteiger partial charge in [-0.1, -0.05) is 19.1 Å².